The molecule has 1 nitrogen and oxygen atoms in total. The first-order valence-corrected chi connectivity index (χ1v) is 2.51. The van der Waals surface area contributed by atoms with E-state index in [1.807, 2.05) is 0 Å². The molecule has 0 aliphatic rings. The second-order valence-electron chi connectivity index (χ2n) is 0.799. The summed E-state index contributed by atoms with van der Waals surface area (Å²) in [6.07, 6.45) is 0. The third kappa shape index (κ3) is 15.7. The minimum atomic E-state index is -1.75. The van der Waals surface area contributed by atoms with Gasteiger partial charge in [-0.2, -0.15) is 0 Å². The summed E-state index contributed by atoms with van der Waals surface area (Å²) in [7, 11) is 0. The van der Waals surface area contributed by atoms with Crippen molar-refractivity contribution >= 4 is 59.6 Å². The number of hydrogen-bond acceptors (Lipinski definition) is 1. The Morgan fingerprint density at radius 3 is 1.38 bits per heavy atom. The molecule has 0 unspecified atom stereocenters. The SMILES string of the molecule is Cl.Cl.OC(Cl)(Cl)CCl. The number of alkyl halides is 3. The van der Waals surface area contributed by atoms with Crippen LogP contribution in [0.5, 0.6) is 0 Å². The second-order valence-corrected chi connectivity index (χ2v) is 2.51. The molecule has 0 saturated heterocycles. The van der Waals surface area contributed by atoms with E-state index in [0.29, 0.717) is 0 Å². The van der Waals surface area contributed by atoms with E-state index in [-0.39, 0.29) is 30.7 Å². The largest absolute Gasteiger partial charge is 0.362 e. The van der Waals surface area contributed by atoms with Crippen molar-refractivity contribution in [1.29, 1.82) is 0 Å². The first-order chi connectivity index (χ1) is 2.56. The zero-order valence-electron chi connectivity index (χ0n) is 3.60. The maximum atomic E-state index is 8.23. The molecule has 0 radical (unpaired) electrons. The third-order valence-electron chi connectivity index (χ3n) is 0.161. The molecule has 0 aliphatic carbocycles. The summed E-state index contributed by atoms with van der Waals surface area (Å²) in [6.45, 7) is 0. The molecule has 0 amide bonds. The zero-order chi connectivity index (χ0) is 5.21. The van der Waals surface area contributed by atoms with Gasteiger partial charge in [0.05, 0.1) is 5.88 Å². The summed E-state index contributed by atoms with van der Waals surface area (Å²) in [5.74, 6) is -0.171. The van der Waals surface area contributed by atoms with E-state index in [2.05, 4.69) is 0 Å². The number of aliphatic hydroxyl groups is 1. The van der Waals surface area contributed by atoms with Crippen LogP contribution in [0.4, 0.5) is 0 Å². The molecule has 8 heavy (non-hydrogen) atoms. The van der Waals surface area contributed by atoms with Crippen molar-refractivity contribution in [2.24, 2.45) is 0 Å². The maximum absolute atomic E-state index is 8.23. The van der Waals surface area contributed by atoms with Crippen LogP contribution in [0.15, 0.2) is 0 Å². The van der Waals surface area contributed by atoms with Crippen molar-refractivity contribution in [3.8, 4) is 0 Å². The van der Waals surface area contributed by atoms with Gasteiger partial charge in [0.15, 0.2) is 0 Å². The lowest BCUT2D eigenvalue weighted by molar-refractivity contribution is 0.239. The minimum Gasteiger partial charge on any atom is -0.362 e. The van der Waals surface area contributed by atoms with Crippen molar-refractivity contribution in [2.75, 3.05) is 5.88 Å². The molecule has 54 valence electrons. The van der Waals surface area contributed by atoms with E-state index >= 15 is 0 Å². The van der Waals surface area contributed by atoms with Crippen LogP contribution in [-0.2, 0) is 0 Å². The fourth-order valence-corrected chi connectivity index (χ4v) is 0. The van der Waals surface area contributed by atoms with Gasteiger partial charge in [0.25, 0.3) is 0 Å². The van der Waals surface area contributed by atoms with Crippen molar-refractivity contribution < 1.29 is 5.11 Å². The molecule has 1 N–H and O–H groups in total. The van der Waals surface area contributed by atoms with E-state index in [1.54, 1.807) is 0 Å². The highest BCUT2D eigenvalue weighted by atomic mass is 35.5. The van der Waals surface area contributed by atoms with E-state index in [9.17, 15) is 0 Å². The van der Waals surface area contributed by atoms with E-state index < -0.39 is 4.52 Å². The summed E-state index contributed by atoms with van der Waals surface area (Å²) in [4.78, 5) is 0. The second kappa shape index (κ2) is 6.53. The Bertz CT molecular complexity index is 40.2. The molecule has 0 heterocycles. The van der Waals surface area contributed by atoms with E-state index in [0.717, 1.165) is 0 Å². The van der Waals surface area contributed by atoms with Crippen LogP contribution in [0.25, 0.3) is 0 Å². The number of rotatable bonds is 1. The molecule has 0 aromatic carbocycles. The lowest BCUT2D eigenvalue weighted by Crippen LogP contribution is -2.11. The lowest BCUT2D eigenvalue weighted by Gasteiger charge is -2.03. The predicted octanol–water partition coefficient (Wildman–Crippen LogP) is 2.19. The van der Waals surface area contributed by atoms with Crippen LogP contribution in [0, 0.1) is 0 Å². The summed E-state index contributed by atoms with van der Waals surface area (Å²) in [5, 5.41) is 8.23. The standard InChI is InChI=1S/C2H3Cl3O.2ClH/c3-1-2(4,5)6;;/h6H,1H2;2*1H. The Morgan fingerprint density at radius 1 is 1.25 bits per heavy atom. The Kier molecular flexibility index (Phi) is 13.2. The van der Waals surface area contributed by atoms with Crippen LogP contribution in [0.3, 0.4) is 0 Å². The normalized spacial score (nSPS) is 9.00. The zero-order valence-corrected chi connectivity index (χ0v) is 7.51. The van der Waals surface area contributed by atoms with Crippen LogP contribution in [0.1, 0.15) is 0 Å². The molecule has 0 atom stereocenters. The quantitative estimate of drug-likeness (QED) is 0.674. The number of hydrogen-bond donors (Lipinski definition) is 1. The van der Waals surface area contributed by atoms with Gasteiger partial charge in [0, 0.05) is 0 Å². The molecule has 0 fully saturated rings. The Balaban J connectivity index is -0.000000125. The van der Waals surface area contributed by atoms with Crippen molar-refractivity contribution in [3.05, 3.63) is 0 Å². The van der Waals surface area contributed by atoms with Gasteiger partial charge in [-0.15, -0.1) is 36.4 Å². The molecule has 6 heteroatoms. The van der Waals surface area contributed by atoms with E-state index in [1.165, 1.54) is 0 Å². The van der Waals surface area contributed by atoms with Crippen LogP contribution in [0.2, 0.25) is 0 Å². The summed E-state index contributed by atoms with van der Waals surface area (Å²) in [6, 6.07) is 0. The highest BCUT2D eigenvalue weighted by Crippen LogP contribution is 2.16. The van der Waals surface area contributed by atoms with Crippen molar-refractivity contribution in [2.45, 2.75) is 4.52 Å². The van der Waals surface area contributed by atoms with Gasteiger partial charge in [-0.1, -0.05) is 23.2 Å². The highest BCUT2D eigenvalue weighted by molar-refractivity contribution is 6.50. The van der Waals surface area contributed by atoms with Crippen LogP contribution >= 0.6 is 59.6 Å². The Hall–Kier alpha value is 1.41. The summed E-state index contributed by atoms with van der Waals surface area (Å²) in [5.41, 5.74) is 0. The predicted molar refractivity (Wildman–Crippen MR) is 41.9 cm³/mol. The molecular formula is C2H5Cl5O. The molecule has 0 bridgehead atoms. The van der Waals surface area contributed by atoms with E-state index in [4.69, 9.17) is 39.9 Å². The first-order valence-electron chi connectivity index (χ1n) is 1.22. The maximum Gasteiger partial charge on any atom is 0.228 e. The molecule has 0 aliphatic heterocycles. The molecule has 0 aromatic rings. The Labute approximate surface area is 75.1 Å². The molecular weight excluding hydrogens is 217 g/mol. The van der Waals surface area contributed by atoms with Gasteiger partial charge >= 0.3 is 0 Å². The average Bonchev–Trinajstić information content (AvgIpc) is 1.35. The molecule has 0 spiro atoms. The van der Waals surface area contributed by atoms with Crippen molar-refractivity contribution in [1.82, 2.24) is 0 Å². The van der Waals surface area contributed by atoms with Gasteiger partial charge in [-0.3, -0.25) is 0 Å². The highest BCUT2D eigenvalue weighted by Gasteiger charge is 2.15. The fourth-order valence-electron chi connectivity index (χ4n) is 0. The summed E-state index contributed by atoms with van der Waals surface area (Å²) >= 11 is 14.8. The lowest BCUT2D eigenvalue weighted by atomic mass is 10.8. The van der Waals surface area contributed by atoms with Gasteiger partial charge in [0.2, 0.25) is 4.52 Å². The average molecular weight is 222 g/mol. The van der Waals surface area contributed by atoms with Gasteiger partial charge in [0.1, 0.15) is 0 Å². The number of halogens is 5. The molecule has 0 saturated carbocycles. The van der Waals surface area contributed by atoms with Crippen LogP contribution in [-0.4, -0.2) is 15.5 Å². The fraction of sp³-hybridized carbons (Fsp3) is 1.00. The minimum absolute atomic E-state index is 0. The Morgan fingerprint density at radius 2 is 1.38 bits per heavy atom. The smallest absolute Gasteiger partial charge is 0.228 e. The summed E-state index contributed by atoms with van der Waals surface area (Å²) < 4.78 is -1.75. The van der Waals surface area contributed by atoms with Gasteiger partial charge < -0.3 is 5.11 Å². The monoisotopic (exact) mass is 220 g/mol. The van der Waals surface area contributed by atoms with Gasteiger partial charge in [-0.25, -0.2) is 0 Å². The molecule has 0 aromatic heterocycles. The van der Waals surface area contributed by atoms with Crippen LogP contribution < -0.4 is 0 Å². The third-order valence-corrected chi connectivity index (χ3v) is 1.09. The molecule has 0 rings (SSSR count). The topological polar surface area (TPSA) is 20.2 Å². The van der Waals surface area contributed by atoms with Gasteiger partial charge in [-0.05, 0) is 0 Å². The first kappa shape index (κ1) is 16.2. The van der Waals surface area contributed by atoms with Crippen molar-refractivity contribution in [3.63, 3.8) is 0 Å².